The van der Waals surface area contributed by atoms with Crippen molar-refractivity contribution < 1.29 is 4.79 Å². The molecule has 1 N–H and O–H groups in total. The maximum atomic E-state index is 12.6. The minimum absolute atomic E-state index is 0.0215. The molecule has 2 aromatic heterocycles. The van der Waals surface area contributed by atoms with Gasteiger partial charge in [0, 0.05) is 11.3 Å². The highest BCUT2D eigenvalue weighted by atomic mass is 32.1. The SMILES string of the molecule is CCCCCCCCCCCC(=O)Nc1nc2sc3c(c2c(=O)s1)CCCC3. The van der Waals surface area contributed by atoms with E-state index in [-0.39, 0.29) is 10.6 Å². The zero-order chi connectivity index (χ0) is 19.8. The quantitative estimate of drug-likeness (QED) is 0.425. The molecule has 0 saturated carbocycles. The van der Waals surface area contributed by atoms with Crippen LogP contribution in [-0.2, 0) is 17.6 Å². The summed E-state index contributed by atoms with van der Waals surface area (Å²) in [6.45, 7) is 2.24. The molecule has 0 aliphatic heterocycles. The topological polar surface area (TPSA) is 59.1 Å². The molecule has 0 saturated heterocycles. The number of hydrogen-bond acceptors (Lipinski definition) is 5. The number of amides is 1. The van der Waals surface area contributed by atoms with Gasteiger partial charge in [-0.05, 0) is 37.7 Å². The number of nitrogens with zero attached hydrogens (tertiary/aromatic N) is 1. The van der Waals surface area contributed by atoms with E-state index < -0.39 is 0 Å². The van der Waals surface area contributed by atoms with Crippen molar-refractivity contribution in [2.75, 3.05) is 5.32 Å². The average Bonchev–Trinajstić information content (AvgIpc) is 3.05. The van der Waals surface area contributed by atoms with E-state index in [2.05, 4.69) is 17.2 Å². The molecule has 28 heavy (non-hydrogen) atoms. The van der Waals surface area contributed by atoms with Gasteiger partial charge in [0.15, 0.2) is 5.13 Å². The molecular formula is C22H32N2O2S2. The van der Waals surface area contributed by atoms with Crippen LogP contribution in [0.3, 0.4) is 0 Å². The molecule has 0 spiro atoms. The summed E-state index contributed by atoms with van der Waals surface area (Å²) in [4.78, 5) is 31.5. The minimum Gasteiger partial charge on any atom is -0.302 e. The van der Waals surface area contributed by atoms with Gasteiger partial charge >= 0.3 is 0 Å². The highest BCUT2D eigenvalue weighted by molar-refractivity contribution is 7.20. The van der Waals surface area contributed by atoms with Crippen LogP contribution in [0.4, 0.5) is 5.13 Å². The molecule has 0 atom stereocenters. The van der Waals surface area contributed by atoms with Gasteiger partial charge in [0.25, 0.3) is 0 Å². The maximum Gasteiger partial charge on any atom is 0.246 e. The van der Waals surface area contributed by atoms with Crippen LogP contribution in [0.5, 0.6) is 0 Å². The summed E-state index contributed by atoms with van der Waals surface area (Å²) in [5, 5.41) is 4.12. The van der Waals surface area contributed by atoms with Crippen LogP contribution in [0.25, 0.3) is 10.2 Å². The van der Waals surface area contributed by atoms with Crippen molar-refractivity contribution in [2.45, 2.75) is 96.8 Å². The third-order valence-corrected chi connectivity index (χ3v) is 7.46. The molecule has 1 aliphatic carbocycles. The summed E-state index contributed by atoms with van der Waals surface area (Å²) in [5.41, 5.74) is 1.22. The van der Waals surface area contributed by atoms with Crippen molar-refractivity contribution in [1.29, 1.82) is 0 Å². The molecule has 0 radical (unpaired) electrons. The number of fused-ring (bicyclic) bond motifs is 3. The van der Waals surface area contributed by atoms with Crippen molar-refractivity contribution in [1.82, 2.24) is 4.98 Å². The molecule has 1 amide bonds. The molecule has 0 bridgehead atoms. The molecule has 2 aromatic rings. The van der Waals surface area contributed by atoms with Crippen molar-refractivity contribution in [3.8, 4) is 0 Å². The smallest absolute Gasteiger partial charge is 0.246 e. The summed E-state index contributed by atoms with van der Waals surface area (Å²) >= 11 is 2.71. The van der Waals surface area contributed by atoms with Crippen LogP contribution in [0.15, 0.2) is 4.79 Å². The summed E-state index contributed by atoms with van der Waals surface area (Å²) in [6.07, 6.45) is 16.0. The summed E-state index contributed by atoms with van der Waals surface area (Å²) < 4.78 is 0.0442. The number of anilines is 1. The van der Waals surface area contributed by atoms with Gasteiger partial charge in [-0.25, -0.2) is 4.98 Å². The Morgan fingerprint density at radius 3 is 2.39 bits per heavy atom. The second-order valence-corrected chi connectivity index (χ2v) is 9.87. The Morgan fingerprint density at radius 2 is 1.64 bits per heavy atom. The van der Waals surface area contributed by atoms with E-state index >= 15 is 0 Å². The van der Waals surface area contributed by atoms with Crippen LogP contribution in [0.1, 0.15) is 94.4 Å². The van der Waals surface area contributed by atoms with Crippen molar-refractivity contribution in [2.24, 2.45) is 0 Å². The van der Waals surface area contributed by atoms with E-state index in [9.17, 15) is 9.59 Å². The molecule has 1 aliphatic rings. The van der Waals surface area contributed by atoms with Gasteiger partial charge in [0.1, 0.15) is 4.83 Å². The Morgan fingerprint density at radius 1 is 0.964 bits per heavy atom. The average molecular weight is 421 g/mol. The zero-order valence-electron chi connectivity index (χ0n) is 17.0. The molecule has 4 nitrogen and oxygen atoms in total. The molecule has 0 fully saturated rings. The molecule has 3 rings (SSSR count). The molecule has 0 unspecified atom stereocenters. The number of carbonyl (C=O) groups is 1. The van der Waals surface area contributed by atoms with Gasteiger partial charge in [-0.3, -0.25) is 9.59 Å². The zero-order valence-corrected chi connectivity index (χ0v) is 18.6. The van der Waals surface area contributed by atoms with Crippen LogP contribution < -0.4 is 10.1 Å². The predicted molar refractivity (Wildman–Crippen MR) is 121 cm³/mol. The number of carbonyl (C=O) groups excluding carboxylic acids is 1. The van der Waals surface area contributed by atoms with Gasteiger partial charge in [-0.2, -0.15) is 0 Å². The first-order chi connectivity index (χ1) is 13.7. The third-order valence-electron chi connectivity index (χ3n) is 5.50. The fourth-order valence-corrected chi connectivity index (χ4v) is 6.11. The predicted octanol–water partition coefficient (Wildman–Crippen LogP) is 6.46. The van der Waals surface area contributed by atoms with Crippen molar-refractivity contribution in [3.63, 3.8) is 0 Å². The van der Waals surface area contributed by atoms with Gasteiger partial charge in [0.2, 0.25) is 10.6 Å². The number of unbranched alkanes of at least 4 members (excludes halogenated alkanes) is 8. The molecular weight excluding hydrogens is 388 g/mol. The Kier molecular flexibility index (Phi) is 8.46. The first kappa shape index (κ1) is 21.4. The summed E-state index contributed by atoms with van der Waals surface area (Å²) in [7, 11) is 0. The first-order valence-corrected chi connectivity index (χ1v) is 12.6. The van der Waals surface area contributed by atoms with Gasteiger partial charge in [0.05, 0.1) is 5.39 Å². The van der Waals surface area contributed by atoms with E-state index in [1.54, 1.807) is 11.3 Å². The first-order valence-electron chi connectivity index (χ1n) is 10.9. The highest BCUT2D eigenvalue weighted by Crippen LogP contribution is 2.34. The number of rotatable bonds is 11. The summed E-state index contributed by atoms with van der Waals surface area (Å²) in [6, 6.07) is 0. The number of hydrogen-bond donors (Lipinski definition) is 1. The van der Waals surface area contributed by atoms with E-state index in [0.29, 0.717) is 11.6 Å². The molecule has 0 aromatic carbocycles. The lowest BCUT2D eigenvalue weighted by Crippen LogP contribution is -2.13. The van der Waals surface area contributed by atoms with E-state index in [1.165, 1.54) is 61.8 Å². The van der Waals surface area contributed by atoms with Crippen molar-refractivity contribution in [3.05, 3.63) is 20.0 Å². The maximum absolute atomic E-state index is 12.6. The normalized spacial score (nSPS) is 13.6. The van der Waals surface area contributed by atoms with Gasteiger partial charge in [-0.15, -0.1) is 11.3 Å². The Bertz CT molecular complexity index is 841. The van der Waals surface area contributed by atoms with Crippen LogP contribution in [0.2, 0.25) is 0 Å². The lowest BCUT2D eigenvalue weighted by molar-refractivity contribution is -0.116. The number of aryl methyl sites for hydroxylation is 2. The fourth-order valence-electron chi connectivity index (χ4n) is 3.93. The number of aromatic nitrogens is 1. The molecule has 6 heteroatoms. The van der Waals surface area contributed by atoms with Gasteiger partial charge in [-0.1, -0.05) is 69.6 Å². The Labute approximate surface area is 175 Å². The van der Waals surface area contributed by atoms with E-state index in [0.717, 1.165) is 53.7 Å². The second-order valence-electron chi connectivity index (χ2n) is 7.82. The Hall–Kier alpha value is -1.27. The third kappa shape index (κ3) is 5.86. The number of thiophene rings is 1. The second kappa shape index (κ2) is 11.1. The fraction of sp³-hybridized carbons (Fsp3) is 0.682. The van der Waals surface area contributed by atoms with E-state index in [1.807, 2.05) is 0 Å². The van der Waals surface area contributed by atoms with Gasteiger partial charge < -0.3 is 5.32 Å². The lowest BCUT2D eigenvalue weighted by atomic mass is 9.98. The monoisotopic (exact) mass is 420 g/mol. The lowest BCUT2D eigenvalue weighted by Gasteiger charge is -2.09. The standard InChI is InChI=1S/C22H32N2O2S2/c1-2-3-4-5-6-7-8-9-10-15-18(25)23-22-24-20-19(21(26)28-22)16-13-11-12-14-17(16)27-20/h2-15H2,1H3,(H,23,24,25). The summed E-state index contributed by atoms with van der Waals surface area (Å²) in [5.74, 6) is -0.0215. The largest absolute Gasteiger partial charge is 0.302 e. The molecule has 2 heterocycles. The van der Waals surface area contributed by atoms with Crippen molar-refractivity contribution >= 4 is 43.9 Å². The van der Waals surface area contributed by atoms with Crippen LogP contribution in [-0.4, -0.2) is 10.9 Å². The van der Waals surface area contributed by atoms with E-state index in [4.69, 9.17) is 0 Å². The molecule has 154 valence electrons. The Balaban J connectivity index is 1.43. The minimum atomic E-state index is -0.0215. The number of nitrogens with one attached hydrogen (secondary N) is 1. The highest BCUT2D eigenvalue weighted by Gasteiger charge is 2.20. The van der Waals surface area contributed by atoms with Crippen LogP contribution >= 0.6 is 22.7 Å². The van der Waals surface area contributed by atoms with Crippen LogP contribution in [0, 0.1) is 0 Å².